The van der Waals surface area contributed by atoms with Crippen LogP contribution in [0.2, 0.25) is 0 Å². The van der Waals surface area contributed by atoms with E-state index in [0.717, 1.165) is 43.2 Å². The molecular weight excluding hydrogens is 318 g/mol. The van der Waals surface area contributed by atoms with Crippen molar-refractivity contribution >= 4 is 17.4 Å². The Morgan fingerprint density at radius 2 is 2.12 bits per heavy atom. The smallest absolute Gasteiger partial charge is 0.255 e. The van der Waals surface area contributed by atoms with Gasteiger partial charge in [-0.2, -0.15) is 0 Å². The Labute approximate surface area is 138 Å². The van der Waals surface area contributed by atoms with Crippen LogP contribution in [-0.4, -0.2) is 51.5 Å². The topological polar surface area (TPSA) is 75.4 Å². The fourth-order valence-corrected chi connectivity index (χ4v) is 3.03. The van der Waals surface area contributed by atoms with E-state index >= 15 is 0 Å². The zero-order chi connectivity index (χ0) is 17.1. The molecule has 7 nitrogen and oxygen atoms in total. The molecule has 0 aromatic carbocycles. The van der Waals surface area contributed by atoms with Gasteiger partial charge in [-0.05, 0) is 25.7 Å². The number of alkyl halides is 2. The number of aromatic nitrogens is 4. The summed E-state index contributed by atoms with van der Waals surface area (Å²) in [6.45, 7) is 2.82. The van der Waals surface area contributed by atoms with Crippen molar-refractivity contribution in [1.82, 2.24) is 24.9 Å². The number of fused-ring (bicyclic) bond motifs is 1. The Balaban J connectivity index is 1.58. The molecule has 9 heteroatoms. The van der Waals surface area contributed by atoms with Crippen molar-refractivity contribution < 1.29 is 13.6 Å². The maximum atomic E-state index is 12.1. The van der Waals surface area contributed by atoms with Gasteiger partial charge in [-0.15, -0.1) is 10.2 Å². The minimum absolute atomic E-state index is 0.207. The van der Waals surface area contributed by atoms with Gasteiger partial charge in [0, 0.05) is 31.9 Å². The van der Waals surface area contributed by atoms with Gasteiger partial charge in [0.15, 0.2) is 5.82 Å². The first-order valence-electron chi connectivity index (χ1n) is 8.00. The van der Waals surface area contributed by atoms with Gasteiger partial charge in [0.05, 0.1) is 6.54 Å². The van der Waals surface area contributed by atoms with Crippen molar-refractivity contribution in [2.45, 2.75) is 32.6 Å². The average Bonchev–Trinajstić information content (AvgIpc) is 2.95. The number of nitrogens with zero attached hydrogens (tertiary/aromatic N) is 5. The van der Waals surface area contributed by atoms with Gasteiger partial charge in [-0.3, -0.25) is 9.20 Å². The van der Waals surface area contributed by atoms with Gasteiger partial charge in [0.25, 0.3) is 6.43 Å². The van der Waals surface area contributed by atoms with Crippen LogP contribution < -0.4 is 10.2 Å². The van der Waals surface area contributed by atoms with E-state index in [-0.39, 0.29) is 11.8 Å². The van der Waals surface area contributed by atoms with Crippen LogP contribution in [0, 0.1) is 12.8 Å². The van der Waals surface area contributed by atoms with Crippen LogP contribution in [0.25, 0.3) is 5.65 Å². The van der Waals surface area contributed by atoms with Crippen molar-refractivity contribution in [3.05, 3.63) is 18.2 Å². The van der Waals surface area contributed by atoms with Gasteiger partial charge in [-0.25, -0.2) is 13.8 Å². The summed E-state index contributed by atoms with van der Waals surface area (Å²) in [4.78, 5) is 18.2. The summed E-state index contributed by atoms with van der Waals surface area (Å²) in [6, 6.07) is 0. The summed E-state index contributed by atoms with van der Waals surface area (Å²) in [5.41, 5.74) is 0.725. The number of rotatable bonds is 5. The van der Waals surface area contributed by atoms with E-state index in [0.29, 0.717) is 6.42 Å². The van der Waals surface area contributed by atoms with Crippen molar-refractivity contribution in [2.75, 3.05) is 24.5 Å². The standard InChI is InChI=1S/C15H20F2N6O/c1-10-20-21-15-14(18-4-7-23(10)15)22-5-2-11(3-6-22)8-13(24)19-9-12(16)17/h4,7,11-12H,2-3,5-6,8-9H2,1H3,(H,19,24). The Morgan fingerprint density at radius 1 is 1.38 bits per heavy atom. The highest BCUT2D eigenvalue weighted by molar-refractivity contribution is 5.76. The van der Waals surface area contributed by atoms with Crippen LogP contribution in [0.5, 0.6) is 0 Å². The highest BCUT2D eigenvalue weighted by atomic mass is 19.3. The number of nitrogens with one attached hydrogen (secondary N) is 1. The third-order valence-corrected chi connectivity index (χ3v) is 4.32. The molecule has 1 fully saturated rings. The third-order valence-electron chi connectivity index (χ3n) is 4.32. The monoisotopic (exact) mass is 338 g/mol. The van der Waals surface area contributed by atoms with Crippen LogP contribution in [0.1, 0.15) is 25.1 Å². The maximum absolute atomic E-state index is 12.1. The molecule has 0 saturated carbocycles. The molecule has 0 bridgehead atoms. The Kier molecular flexibility index (Phi) is 4.86. The summed E-state index contributed by atoms with van der Waals surface area (Å²) in [5, 5.41) is 10.5. The van der Waals surface area contributed by atoms with E-state index in [4.69, 9.17) is 0 Å². The molecule has 3 heterocycles. The van der Waals surface area contributed by atoms with Crippen LogP contribution in [0.4, 0.5) is 14.6 Å². The minimum atomic E-state index is -2.51. The number of halogens is 2. The first kappa shape index (κ1) is 16.5. The second-order valence-corrected chi connectivity index (χ2v) is 6.02. The van der Waals surface area contributed by atoms with Crippen molar-refractivity contribution in [2.24, 2.45) is 5.92 Å². The predicted molar refractivity (Wildman–Crippen MR) is 84.1 cm³/mol. The van der Waals surface area contributed by atoms with Crippen LogP contribution >= 0.6 is 0 Å². The first-order valence-corrected chi connectivity index (χ1v) is 8.00. The van der Waals surface area contributed by atoms with Crippen LogP contribution in [-0.2, 0) is 4.79 Å². The van der Waals surface area contributed by atoms with Crippen molar-refractivity contribution in [3.63, 3.8) is 0 Å². The molecule has 1 saturated heterocycles. The summed E-state index contributed by atoms with van der Waals surface area (Å²) in [6.07, 6.45) is 2.98. The lowest BCUT2D eigenvalue weighted by Crippen LogP contribution is -2.37. The number of amides is 1. The fraction of sp³-hybridized carbons (Fsp3) is 0.600. The number of anilines is 1. The Bertz CT molecular complexity index is 711. The lowest BCUT2D eigenvalue weighted by molar-refractivity contribution is -0.122. The van der Waals surface area contributed by atoms with Crippen LogP contribution in [0.15, 0.2) is 12.4 Å². The molecule has 0 atom stereocenters. The Morgan fingerprint density at radius 3 is 2.83 bits per heavy atom. The minimum Gasteiger partial charge on any atom is -0.353 e. The van der Waals surface area contributed by atoms with Crippen LogP contribution in [0.3, 0.4) is 0 Å². The second kappa shape index (κ2) is 7.06. The zero-order valence-electron chi connectivity index (χ0n) is 13.5. The summed E-state index contributed by atoms with van der Waals surface area (Å²) >= 11 is 0. The molecule has 1 aliphatic rings. The molecule has 2 aromatic heterocycles. The molecule has 2 aromatic rings. The normalized spacial score (nSPS) is 16.1. The quantitative estimate of drug-likeness (QED) is 0.892. The molecule has 1 aliphatic heterocycles. The number of carbonyl (C=O) groups is 1. The van der Waals surface area contributed by atoms with E-state index in [2.05, 4.69) is 25.4 Å². The van der Waals surface area contributed by atoms with Crippen molar-refractivity contribution in [1.29, 1.82) is 0 Å². The lowest BCUT2D eigenvalue weighted by atomic mass is 9.93. The predicted octanol–water partition coefficient (Wildman–Crippen LogP) is 1.42. The van der Waals surface area contributed by atoms with Gasteiger partial charge in [0.2, 0.25) is 11.6 Å². The molecule has 24 heavy (non-hydrogen) atoms. The van der Waals surface area contributed by atoms with Gasteiger partial charge >= 0.3 is 0 Å². The lowest BCUT2D eigenvalue weighted by Gasteiger charge is -2.32. The molecule has 0 spiro atoms. The molecule has 0 radical (unpaired) electrons. The fourth-order valence-electron chi connectivity index (χ4n) is 3.03. The highest BCUT2D eigenvalue weighted by Crippen LogP contribution is 2.26. The van der Waals surface area contributed by atoms with E-state index in [9.17, 15) is 13.6 Å². The van der Waals surface area contributed by atoms with Gasteiger partial charge in [-0.1, -0.05) is 0 Å². The molecule has 1 amide bonds. The van der Waals surface area contributed by atoms with Gasteiger partial charge in [0.1, 0.15) is 5.82 Å². The number of aryl methyl sites for hydroxylation is 1. The van der Waals surface area contributed by atoms with E-state index in [1.165, 1.54) is 0 Å². The zero-order valence-corrected chi connectivity index (χ0v) is 13.5. The molecular formula is C15H20F2N6O. The van der Waals surface area contributed by atoms with E-state index < -0.39 is 13.0 Å². The van der Waals surface area contributed by atoms with E-state index in [1.54, 1.807) is 6.20 Å². The summed E-state index contributed by atoms with van der Waals surface area (Å²) < 4.78 is 26.1. The summed E-state index contributed by atoms with van der Waals surface area (Å²) in [5.74, 6) is 1.50. The SMILES string of the molecule is Cc1nnc2c(N3CCC(CC(=O)NCC(F)F)CC3)nccn12. The van der Waals surface area contributed by atoms with Gasteiger partial charge < -0.3 is 10.2 Å². The number of hydrogen-bond donors (Lipinski definition) is 1. The third kappa shape index (κ3) is 3.60. The summed E-state index contributed by atoms with van der Waals surface area (Å²) in [7, 11) is 0. The maximum Gasteiger partial charge on any atom is 0.255 e. The Hall–Kier alpha value is -2.32. The first-order chi connectivity index (χ1) is 11.5. The highest BCUT2D eigenvalue weighted by Gasteiger charge is 2.24. The van der Waals surface area contributed by atoms with Crippen molar-refractivity contribution in [3.8, 4) is 0 Å². The molecule has 1 N–H and O–H groups in total. The molecule has 0 aliphatic carbocycles. The average molecular weight is 338 g/mol. The number of carbonyl (C=O) groups excluding carboxylic acids is 1. The second-order valence-electron chi connectivity index (χ2n) is 6.02. The molecule has 130 valence electrons. The largest absolute Gasteiger partial charge is 0.353 e. The molecule has 3 rings (SSSR count). The number of piperidine rings is 1. The molecule has 0 unspecified atom stereocenters. The van der Waals surface area contributed by atoms with E-state index in [1.807, 2.05) is 17.5 Å². The number of hydrogen-bond acceptors (Lipinski definition) is 5.